The molecule has 0 atom stereocenters. The monoisotopic (exact) mass is 464 g/mol. The summed E-state index contributed by atoms with van der Waals surface area (Å²) in [6, 6.07) is 45.9. The maximum absolute atomic E-state index is 3.54. The van der Waals surface area contributed by atoms with Gasteiger partial charge in [-0.1, -0.05) is 152 Å². The zero-order valence-electron chi connectivity index (χ0n) is 20.0. The summed E-state index contributed by atoms with van der Waals surface area (Å²) in [5, 5.41) is 0. The van der Waals surface area contributed by atoms with Crippen molar-refractivity contribution in [3.05, 3.63) is 156 Å². The molecule has 0 aromatic heterocycles. The van der Waals surface area contributed by atoms with E-state index in [1.165, 1.54) is 5.56 Å². The fraction of sp³-hybridized carbons (Fsp3) is 0. The van der Waals surface area contributed by atoms with E-state index in [9.17, 15) is 0 Å². The Morgan fingerprint density at radius 2 is 0.917 bits per heavy atom. The molecule has 5 aromatic rings. The van der Waals surface area contributed by atoms with Gasteiger partial charge in [-0.15, -0.1) is 0 Å². The van der Waals surface area contributed by atoms with Crippen LogP contribution in [-0.4, -0.2) is 0 Å². The lowest BCUT2D eigenvalue weighted by molar-refractivity contribution is 1.39. The van der Waals surface area contributed by atoms with Gasteiger partial charge in [0.15, 0.2) is 0 Å². The summed E-state index contributed by atoms with van der Waals surface area (Å²) >= 11 is 0. The van der Waals surface area contributed by atoms with E-state index in [4.69, 9.17) is 0 Å². The molecule has 0 aliphatic heterocycles. The van der Waals surface area contributed by atoms with Gasteiger partial charge in [-0.05, 0) is 28.3 Å². The summed E-state index contributed by atoms with van der Waals surface area (Å²) < 4.78 is 0. The second-order valence-electron chi connectivity index (χ2n) is 8.46. The van der Waals surface area contributed by atoms with Crippen LogP contribution in [0.15, 0.2) is 133 Å². The maximum Gasteiger partial charge on any atom is 0.0690 e. The maximum atomic E-state index is 3.54. The zero-order valence-corrected chi connectivity index (χ0v) is 20.0. The van der Waals surface area contributed by atoms with Crippen LogP contribution in [0.25, 0.3) is 35.4 Å². The lowest BCUT2D eigenvalue weighted by atomic mass is 9.99. The van der Waals surface area contributed by atoms with E-state index in [-0.39, 0.29) is 0 Å². The highest BCUT2D eigenvalue weighted by Crippen LogP contribution is 2.33. The van der Waals surface area contributed by atoms with E-state index in [0.717, 1.165) is 39.2 Å². The second-order valence-corrected chi connectivity index (χ2v) is 8.46. The van der Waals surface area contributed by atoms with Crippen molar-refractivity contribution in [2.75, 3.05) is 10.9 Å². The third-order valence-corrected chi connectivity index (χ3v) is 5.97. The molecule has 2 nitrogen and oxygen atoms in total. The molecule has 0 bridgehead atoms. The standard InChI is InChI=1S/C34H28N2/c1-4-13-27(14-5-1)23-25-30-19-10-11-22-33(30)35-36-34-31(26-24-28-15-6-2-7-16-28)20-12-21-32(34)29-17-8-3-9-18-29/h1-26,35-36H. The van der Waals surface area contributed by atoms with Gasteiger partial charge in [0.1, 0.15) is 0 Å². The number of hydrogen-bond donors (Lipinski definition) is 2. The predicted molar refractivity (Wildman–Crippen MR) is 156 cm³/mol. The largest absolute Gasteiger partial charge is 0.300 e. The molecule has 0 amide bonds. The van der Waals surface area contributed by atoms with Gasteiger partial charge in [-0.2, -0.15) is 0 Å². The van der Waals surface area contributed by atoms with Crippen molar-refractivity contribution in [3.8, 4) is 11.1 Å². The molecule has 0 unspecified atom stereocenters. The highest BCUT2D eigenvalue weighted by molar-refractivity contribution is 5.88. The van der Waals surface area contributed by atoms with Crippen molar-refractivity contribution >= 4 is 35.7 Å². The summed E-state index contributed by atoms with van der Waals surface area (Å²) in [5.41, 5.74) is 15.9. The van der Waals surface area contributed by atoms with E-state index in [1.54, 1.807) is 0 Å². The van der Waals surface area contributed by atoms with Crippen molar-refractivity contribution in [2.45, 2.75) is 0 Å². The highest BCUT2D eigenvalue weighted by atomic mass is 15.4. The van der Waals surface area contributed by atoms with Crippen molar-refractivity contribution in [1.82, 2.24) is 0 Å². The zero-order chi connectivity index (χ0) is 24.4. The Labute approximate surface area is 213 Å². The molecule has 0 fully saturated rings. The fourth-order valence-electron chi connectivity index (χ4n) is 4.09. The highest BCUT2D eigenvalue weighted by Gasteiger charge is 2.09. The van der Waals surface area contributed by atoms with Crippen LogP contribution in [0.1, 0.15) is 22.3 Å². The van der Waals surface area contributed by atoms with Gasteiger partial charge in [0.25, 0.3) is 0 Å². The third-order valence-electron chi connectivity index (χ3n) is 5.97. The number of anilines is 2. The van der Waals surface area contributed by atoms with E-state index in [2.05, 4.69) is 144 Å². The Kier molecular flexibility index (Phi) is 7.36. The molecular formula is C34H28N2. The van der Waals surface area contributed by atoms with Gasteiger partial charge >= 0.3 is 0 Å². The number of nitrogens with one attached hydrogen (secondary N) is 2. The summed E-state index contributed by atoms with van der Waals surface area (Å²) in [4.78, 5) is 0. The summed E-state index contributed by atoms with van der Waals surface area (Å²) in [6.07, 6.45) is 8.57. The normalized spacial score (nSPS) is 11.1. The molecule has 0 radical (unpaired) electrons. The quantitative estimate of drug-likeness (QED) is 0.177. The number of para-hydroxylation sites is 2. The molecule has 0 saturated heterocycles. The van der Waals surface area contributed by atoms with Gasteiger partial charge in [0.2, 0.25) is 0 Å². The second kappa shape index (κ2) is 11.5. The number of benzene rings is 5. The average molecular weight is 465 g/mol. The molecule has 5 rings (SSSR count). The molecule has 5 aromatic carbocycles. The van der Waals surface area contributed by atoms with Crippen LogP contribution < -0.4 is 10.9 Å². The Bertz CT molecular complexity index is 1450. The van der Waals surface area contributed by atoms with E-state index < -0.39 is 0 Å². The summed E-state index contributed by atoms with van der Waals surface area (Å²) in [7, 11) is 0. The number of rotatable bonds is 8. The fourth-order valence-corrected chi connectivity index (χ4v) is 4.09. The molecular weight excluding hydrogens is 436 g/mol. The number of hydrazine groups is 1. The smallest absolute Gasteiger partial charge is 0.0690 e. The Morgan fingerprint density at radius 1 is 0.389 bits per heavy atom. The van der Waals surface area contributed by atoms with Crippen LogP contribution in [0.5, 0.6) is 0 Å². The van der Waals surface area contributed by atoms with Gasteiger partial charge in [0.05, 0.1) is 11.4 Å². The van der Waals surface area contributed by atoms with Crippen LogP contribution in [0.3, 0.4) is 0 Å². The van der Waals surface area contributed by atoms with Crippen molar-refractivity contribution in [3.63, 3.8) is 0 Å². The lowest BCUT2D eigenvalue weighted by Crippen LogP contribution is -2.11. The molecule has 0 aliphatic carbocycles. The van der Waals surface area contributed by atoms with Crippen LogP contribution in [-0.2, 0) is 0 Å². The molecule has 0 heterocycles. The molecule has 2 N–H and O–H groups in total. The first-order chi connectivity index (χ1) is 17.9. The molecule has 174 valence electrons. The van der Waals surface area contributed by atoms with Crippen LogP contribution in [0.4, 0.5) is 11.4 Å². The molecule has 0 aliphatic rings. The third kappa shape index (κ3) is 5.81. The molecule has 36 heavy (non-hydrogen) atoms. The predicted octanol–water partition coefficient (Wildman–Crippen LogP) is 9.13. The minimum Gasteiger partial charge on any atom is -0.300 e. The number of hydrogen-bond acceptors (Lipinski definition) is 2. The first-order valence-corrected chi connectivity index (χ1v) is 12.1. The first kappa shape index (κ1) is 22.9. The van der Waals surface area contributed by atoms with Gasteiger partial charge in [-0.25, -0.2) is 0 Å². The molecule has 2 heteroatoms. The first-order valence-electron chi connectivity index (χ1n) is 12.1. The van der Waals surface area contributed by atoms with Crippen molar-refractivity contribution in [1.29, 1.82) is 0 Å². The summed E-state index contributed by atoms with van der Waals surface area (Å²) in [5.74, 6) is 0. The Balaban J connectivity index is 1.47. The van der Waals surface area contributed by atoms with Gasteiger partial charge in [0, 0.05) is 11.1 Å². The molecule has 0 spiro atoms. The lowest BCUT2D eigenvalue weighted by Gasteiger charge is -2.18. The van der Waals surface area contributed by atoms with Crippen LogP contribution >= 0.6 is 0 Å². The minimum atomic E-state index is 1.01. The van der Waals surface area contributed by atoms with Crippen molar-refractivity contribution < 1.29 is 0 Å². The molecule has 0 saturated carbocycles. The van der Waals surface area contributed by atoms with Gasteiger partial charge < -0.3 is 5.43 Å². The van der Waals surface area contributed by atoms with Crippen LogP contribution in [0.2, 0.25) is 0 Å². The Hall–Kier alpha value is -4.82. The average Bonchev–Trinajstić information content (AvgIpc) is 2.96. The van der Waals surface area contributed by atoms with E-state index in [0.29, 0.717) is 0 Å². The summed E-state index contributed by atoms with van der Waals surface area (Å²) in [6.45, 7) is 0. The van der Waals surface area contributed by atoms with Gasteiger partial charge in [-0.3, -0.25) is 5.43 Å². The topological polar surface area (TPSA) is 24.1 Å². The van der Waals surface area contributed by atoms with Crippen LogP contribution in [0, 0.1) is 0 Å². The van der Waals surface area contributed by atoms with Crippen molar-refractivity contribution in [2.24, 2.45) is 0 Å². The Morgan fingerprint density at radius 3 is 1.58 bits per heavy atom. The minimum absolute atomic E-state index is 1.01. The van der Waals surface area contributed by atoms with E-state index in [1.807, 2.05) is 24.3 Å². The van der Waals surface area contributed by atoms with E-state index >= 15 is 0 Å². The SMILES string of the molecule is C(=Cc1ccccc1NNc1c(C=Cc2ccccc2)cccc1-c1ccccc1)c1ccccc1.